The van der Waals surface area contributed by atoms with Gasteiger partial charge in [0.2, 0.25) is 0 Å². The summed E-state index contributed by atoms with van der Waals surface area (Å²) in [5.41, 5.74) is 2.28. The van der Waals surface area contributed by atoms with E-state index in [4.69, 9.17) is 11.6 Å². The first-order chi connectivity index (χ1) is 12.9. The quantitative estimate of drug-likeness (QED) is 0.656. The number of anilines is 1. The Hall–Kier alpha value is -2.64. The van der Waals surface area contributed by atoms with E-state index in [9.17, 15) is 9.59 Å². The number of aryl methyl sites for hydroxylation is 2. The molecule has 0 saturated carbocycles. The normalized spacial score (nSPS) is 10.6. The van der Waals surface area contributed by atoms with E-state index in [1.807, 2.05) is 20.0 Å². The number of benzene rings is 1. The molecule has 140 valence electrons. The molecule has 0 aliphatic rings. The van der Waals surface area contributed by atoms with Gasteiger partial charge >= 0.3 is 0 Å². The molecule has 0 atom stereocenters. The lowest BCUT2D eigenvalue weighted by molar-refractivity contribution is 0.0954. The van der Waals surface area contributed by atoms with E-state index in [0.29, 0.717) is 33.6 Å². The van der Waals surface area contributed by atoms with Crippen molar-refractivity contribution in [3.8, 4) is 0 Å². The van der Waals surface area contributed by atoms with Crippen molar-refractivity contribution >= 4 is 39.8 Å². The zero-order valence-electron chi connectivity index (χ0n) is 15.0. The van der Waals surface area contributed by atoms with Gasteiger partial charge in [-0.15, -0.1) is 11.3 Å². The third kappa shape index (κ3) is 4.75. The highest BCUT2D eigenvalue weighted by Gasteiger charge is 2.16. The van der Waals surface area contributed by atoms with Crippen LogP contribution in [0.5, 0.6) is 0 Å². The highest BCUT2D eigenvalue weighted by Crippen LogP contribution is 2.27. The molecular formula is C19H19ClN4O2S. The number of hydrogen-bond donors (Lipinski definition) is 2. The number of carbonyl (C=O) groups excluding carboxylic acids is 2. The van der Waals surface area contributed by atoms with Gasteiger partial charge < -0.3 is 10.6 Å². The SMILES string of the molecule is Cc1cnn(CCNC(=O)c2sc(NC(=O)c3ccccc3Cl)cc2C)c1. The fourth-order valence-electron chi connectivity index (χ4n) is 2.55. The van der Waals surface area contributed by atoms with E-state index in [0.717, 1.165) is 11.1 Å². The first-order valence-corrected chi connectivity index (χ1v) is 9.57. The third-order valence-corrected chi connectivity index (χ3v) is 5.35. The Balaban J connectivity index is 1.60. The number of carbonyl (C=O) groups is 2. The van der Waals surface area contributed by atoms with Crippen molar-refractivity contribution in [2.24, 2.45) is 0 Å². The number of halogens is 1. The van der Waals surface area contributed by atoms with Crippen LogP contribution < -0.4 is 10.6 Å². The van der Waals surface area contributed by atoms with Crippen molar-refractivity contribution in [2.45, 2.75) is 20.4 Å². The summed E-state index contributed by atoms with van der Waals surface area (Å²) in [7, 11) is 0. The molecule has 2 N–H and O–H groups in total. The van der Waals surface area contributed by atoms with Crippen LogP contribution in [0.1, 0.15) is 31.2 Å². The van der Waals surface area contributed by atoms with Crippen LogP contribution >= 0.6 is 22.9 Å². The number of thiophene rings is 1. The van der Waals surface area contributed by atoms with Crippen LogP contribution in [-0.2, 0) is 6.54 Å². The smallest absolute Gasteiger partial charge is 0.261 e. The maximum Gasteiger partial charge on any atom is 0.261 e. The first-order valence-electron chi connectivity index (χ1n) is 8.37. The standard InChI is InChI=1S/C19H19ClN4O2S/c1-12-10-22-24(11-12)8-7-21-19(26)17-13(2)9-16(27-17)23-18(25)14-5-3-4-6-15(14)20/h3-6,9-11H,7-8H2,1-2H3,(H,21,26)(H,23,25). The molecule has 8 heteroatoms. The van der Waals surface area contributed by atoms with Crippen LogP contribution in [-0.4, -0.2) is 28.1 Å². The van der Waals surface area contributed by atoms with Crippen molar-refractivity contribution in [3.63, 3.8) is 0 Å². The summed E-state index contributed by atoms with van der Waals surface area (Å²) in [6, 6.07) is 8.62. The summed E-state index contributed by atoms with van der Waals surface area (Å²) in [4.78, 5) is 25.3. The predicted octanol–water partition coefficient (Wildman–Crippen LogP) is 3.90. The average Bonchev–Trinajstić information content (AvgIpc) is 3.20. The number of nitrogens with one attached hydrogen (secondary N) is 2. The van der Waals surface area contributed by atoms with Crippen LogP contribution in [0.25, 0.3) is 0 Å². The second-order valence-electron chi connectivity index (χ2n) is 6.09. The fourth-order valence-corrected chi connectivity index (χ4v) is 3.75. The topological polar surface area (TPSA) is 76.0 Å². The van der Waals surface area contributed by atoms with Gasteiger partial charge in [-0.25, -0.2) is 0 Å². The number of amides is 2. The Morgan fingerprint density at radius 1 is 1.22 bits per heavy atom. The van der Waals surface area contributed by atoms with Gasteiger partial charge in [0.25, 0.3) is 11.8 Å². The lowest BCUT2D eigenvalue weighted by Gasteiger charge is -2.05. The molecule has 0 bridgehead atoms. The van der Waals surface area contributed by atoms with Gasteiger partial charge in [0.05, 0.1) is 33.2 Å². The van der Waals surface area contributed by atoms with Gasteiger partial charge in [-0.2, -0.15) is 5.10 Å². The third-order valence-electron chi connectivity index (χ3n) is 3.87. The predicted molar refractivity (Wildman–Crippen MR) is 108 cm³/mol. The summed E-state index contributed by atoms with van der Waals surface area (Å²) in [5, 5.41) is 10.9. The van der Waals surface area contributed by atoms with Crippen LogP contribution in [0.4, 0.5) is 5.00 Å². The van der Waals surface area contributed by atoms with Crippen molar-refractivity contribution < 1.29 is 9.59 Å². The minimum atomic E-state index is -0.303. The Kier molecular flexibility index (Phi) is 5.93. The van der Waals surface area contributed by atoms with E-state index >= 15 is 0 Å². The number of hydrogen-bond acceptors (Lipinski definition) is 4. The summed E-state index contributed by atoms with van der Waals surface area (Å²) in [6.45, 7) is 4.88. The number of nitrogens with zero attached hydrogens (tertiary/aromatic N) is 2. The highest BCUT2D eigenvalue weighted by molar-refractivity contribution is 7.18. The van der Waals surface area contributed by atoms with Gasteiger partial charge in [0.15, 0.2) is 0 Å². The van der Waals surface area contributed by atoms with Crippen LogP contribution in [0, 0.1) is 13.8 Å². The van der Waals surface area contributed by atoms with Crippen molar-refractivity contribution in [3.05, 3.63) is 69.3 Å². The molecule has 0 saturated heterocycles. The molecule has 2 aromatic heterocycles. The Morgan fingerprint density at radius 3 is 2.70 bits per heavy atom. The molecule has 0 spiro atoms. The summed E-state index contributed by atoms with van der Waals surface area (Å²) >= 11 is 7.29. The van der Waals surface area contributed by atoms with Gasteiger partial charge in [-0.3, -0.25) is 14.3 Å². The van der Waals surface area contributed by atoms with Crippen molar-refractivity contribution in [2.75, 3.05) is 11.9 Å². The molecule has 0 unspecified atom stereocenters. The molecule has 27 heavy (non-hydrogen) atoms. The average molecular weight is 403 g/mol. The zero-order valence-corrected chi connectivity index (χ0v) is 16.5. The second-order valence-corrected chi connectivity index (χ2v) is 7.55. The van der Waals surface area contributed by atoms with Crippen molar-refractivity contribution in [1.29, 1.82) is 0 Å². The van der Waals surface area contributed by atoms with Gasteiger partial charge in [0, 0.05) is 12.7 Å². The van der Waals surface area contributed by atoms with Gasteiger partial charge in [0.1, 0.15) is 0 Å². The van der Waals surface area contributed by atoms with Crippen molar-refractivity contribution in [1.82, 2.24) is 15.1 Å². The summed E-state index contributed by atoms with van der Waals surface area (Å²) in [5.74, 6) is -0.470. The number of aromatic nitrogens is 2. The Morgan fingerprint density at radius 2 is 2.00 bits per heavy atom. The second kappa shape index (κ2) is 8.37. The van der Waals surface area contributed by atoms with Crippen LogP contribution in [0.15, 0.2) is 42.7 Å². The molecule has 0 aliphatic carbocycles. The first kappa shape index (κ1) is 19.1. The maximum absolute atomic E-state index is 12.4. The molecule has 0 fully saturated rings. The van der Waals surface area contributed by atoms with Gasteiger partial charge in [-0.05, 0) is 43.2 Å². The Labute approximate surface area is 166 Å². The molecular weight excluding hydrogens is 384 g/mol. The molecule has 1 aromatic carbocycles. The molecule has 0 aliphatic heterocycles. The maximum atomic E-state index is 12.4. The lowest BCUT2D eigenvalue weighted by Crippen LogP contribution is -2.27. The lowest BCUT2D eigenvalue weighted by atomic mass is 10.2. The van der Waals surface area contributed by atoms with E-state index < -0.39 is 0 Å². The Bertz CT molecular complexity index is 980. The van der Waals surface area contributed by atoms with Crippen LogP contribution in [0.2, 0.25) is 5.02 Å². The van der Waals surface area contributed by atoms with Gasteiger partial charge in [-0.1, -0.05) is 23.7 Å². The molecule has 3 rings (SSSR count). The van der Waals surface area contributed by atoms with E-state index in [-0.39, 0.29) is 11.8 Å². The zero-order chi connectivity index (χ0) is 19.4. The highest BCUT2D eigenvalue weighted by atomic mass is 35.5. The fraction of sp³-hybridized carbons (Fsp3) is 0.211. The largest absolute Gasteiger partial charge is 0.349 e. The van der Waals surface area contributed by atoms with E-state index in [2.05, 4.69) is 15.7 Å². The number of rotatable bonds is 6. The molecule has 2 amide bonds. The molecule has 0 radical (unpaired) electrons. The minimum absolute atomic E-state index is 0.167. The monoisotopic (exact) mass is 402 g/mol. The summed E-state index contributed by atoms with van der Waals surface area (Å²) in [6.07, 6.45) is 3.70. The van der Waals surface area contributed by atoms with Crippen LogP contribution in [0.3, 0.4) is 0 Å². The molecule has 3 aromatic rings. The molecule has 6 nitrogen and oxygen atoms in total. The minimum Gasteiger partial charge on any atom is -0.349 e. The molecule has 2 heterocycles. The van der Waals surface area contributed by atoms with E-state index in [1.54, 1.807) is 41.2 Å². The van der Waals surface area contributed by atoms with E-state index in [1.165, 1.54) is 11.3 Å². The summed E-state index contributed by atoms with van der Waals surface area (Å²) < 4.78 is 1.78.